The van der Waals surface area contributed by atoms with Crippen molar-refractivity contribution in [3.8, 4) is 0 Å². The monoisotopic (exact) mass is 215 g/mol. The van der Waals surface area contributed by atoms with E-state index in [4.69, 9.17) is 11.5 Å². The fraction of sp³-hybridized carbons (Fsp3) is 0.909. The standard InChI is InChI=1S/C11H25N3O/c1-3-4-8-14-9(2)11(15)10(13)6-5-7-12/h9-10,14H,3-8,12-13H2,1-2H3/t9?,10-/m0/s1. The summed E-state index contributed by atoms with van der Waals surface area (Å²) in [5.41, 5.74) is 11.1. The first-order chi connectivity index (χ1) is 7.13. The summed E-state index contributed by atoms with van der Waals surface area (Å²) in [7, 11) is 0. The van der Waals surface area contributed by atoms with Crippen LogP contribution in [-0.4, -0.2) is 31.0 Å². The van der Waals surface area contributed by atoms with Crippen molar-refractivity contribution in [2.75, 3.05) is 13.1 Å². The molecule has 0 aromatic heterocycles. The van der Waals surface area contributed by atoms with Gasteiger partial charge in [0.25, 0.3) is 0 Å². The Kier molecular flexibility index (Phi) is 8.56. The molecule has 0 aliphatic heterocycles. The molecule has 5 N–H and O–H groups in total. The molecule has 90 valence electrons. The van der Waals surface area contributed by atoms with Gasteiger partial charge in [0.2, 0.25) is 0 Å². The molecule has 0 aromatic rings. The Morgan fingerprint density at radius 3 is 2.60 bits per heavy atom. The maximum atomic E-state index is 11.7. The summed E-state index contributed by atoms with van der Waals surface area (Å²) >= 11 is 0. The highest BCUT2D eigenvalue weighted by molar-refractivity contribution is 5.88. The predicted octanol–water partition coefficient (Wildman–Crippen LogP) is 0.400. The average molecular weight is 215 g/mol. The highest BCUT2D eigenvalue weighted by Crippen LogP contribution is 1.98. The number of ketones is 1. The third kappa shape index (κ3) is 6.60. The van der Waals surface area contributed by atoms with Crippen molar-refractivity contribution in [3.05, 3.63) is 0 Å². The van der Waals surface area contributed by atoms with Crippen molar-refractivity contribution >= 4 is 5.78 Å². The molecule has 0 rings (SSSR count). The zero-order chi connectivity index (χ0) is 11.7. The van der Waals surface area contributed by atoms with Gasteiger partial charge in [0, 0.05) is 0 Å². The molecule has 0 heterocycles. The van der Waals surface area contributed by atoms with E-state index < -0.39 is 0 Å². The number of hydrogen-bond acceptors (Lipinski definition) is 4. The molecular weight excluding hydrogens is 190 g/mol. The Labute approximate surface area is 92.8 Å². The van der Waals surface area contributed by atoms with Gasteiger partial charge in [0.1, 0.15) is 0 Å². The second-order valence-corrected chi connectivity index (χ2v) is 3.97. The van der Waals surface area contributed by atoms with Crippen LogP contribution in [0.25, 0.3) is 0 Å². The van der Waals surface area contributed by atoms with Crippen molar-refractivity contribution in [1.82, 2.24) is 5.32 Å². The van der Waals surface area contributed by atoms with E-state index in [1.165, 1.54) is 0 Å². The van der Waals surface area contributed by atoms with Crippen LogP contribution in [0.15, 0.2) is 0 Å². The molecule has 0 spiro atoms. The topological polar surface area (TPSA) is 81.1 Å². The molecule has 0 fully saturated rings. The number of carbonyl (C=O) groups is 1. The van der Waals surface area contributed by atoms with E-state index in [2.05, 4.69) is 12.2 Å². The van der Waals surface area contributed by atoms with Gasteiger partial charge >= 0.3 is 0 Å². The van der Waals surface area contributed by atoms with Crippen LogP contribution < -0.4 is 16.8 Å². The Morgan fingerprint density at radius 2 is 2.07 bits per heavy atom. The molecule has 0 bridgehead atoms. The third-order valence-corrected chi connectivity index (χ3v) is 2.49. The highest BCUT2D eigenvalue weighted by Gasteiger charge is 2.18. The largest absolute Gasteiger partial charge is 0.330 e. The Balaban J connectivity index is 3.75. The first kappa shape index (κ1) is 14.6. The van der Waals surface area contributed by atoms with Crippen molar-refractivity contribution < 1.29 is 4.79 Å². The number of Topliss-reactive ketones (excluding diaryl/α,β-unsaturated/α-hetero) is 1. The highest BCUT2D eigenvalue weighted by atomic mass is 16.1. The van der Waals surface area contributed by atoms with Crippen LogP contribution in [0.5, 0.6) is 0 Å². The van der Waals surface area contributed by atoms with Crippen molar-refractivity contribution in [3.63, 3.8) is 0 Å². The first-order valence-corrected chi connectivity index (χ1v) is 5.86. The van der Waals surface area contributed by atoms with Gasteiger partial charge in [-0.05, 0) is 39.3 Å². The molecule has 0 saturated carbocycles. The molecule has 4 heteroatoms. The van der Waals surface area contributed by atoms with Gasteiger partial charge < -0.3 is 16.8 Å². The predicted molar refractivity (Wildman–Crippen MR) is 63.6 cm³/mol. The quantitative estimate of drug-likeness (QED) is 0.486. The Bertz CT molecular complexity index is 173. The van der Waals surface area contributed by atoms with Crippen LogP contribution in [0.1, 0.15) is 39.5 Å². The van der Waals surface area contributed by atoms with Crippen LogP contribution in [0.3, 0.4) is 0 Å². The smallest absolute Gasteiger partial charge is 0.166 e. The van der Waals surface area contributed by atoms with Gasteiger partial charge in [0.15, 0.2) is 5.78 Å². The summed E-state index contributed by atoms with van der Waals surface area (Å²) in [6.07, 6.45) is 3.73. The Hall–Kier alpha value is -0.450. The molecule has 0 saturated heterocycles. The minimum absolute atomic E-state index is 0.0968. The fourth-order valence-electron chi connectivity index (χ4n) is 1.40. The normalized spacial score (nSPS) is 14.9. The third-order valence-electron chi connectivity index (χ3n) is 2.49. The first-order valence-electron chi connectivity index (χ1n) is 5.86. The van der Waals surface area contributed by atoms with E-state index >= 15 is 0 Å². The molecule has 0 amide bonds. The SMILES string of the molecule is CCCCNC(C)C(=O)[C@@H](N)CCCN. The summed E-state index contributed by atoms with van der Waals surface area (Å²) in [6, 6.07) is -0.498. The van der Waals surface area contributed by atoms with Gasteiger partial charge in [0.05, 0.1) is 12.1 Å². The summed E-state index contributed by atoms with van der Waals surface area (Å²) in [5.74, 6) is 0.0968. The number of hydrogen-bond donors (Lipinski definition) is 3. The van der Waals surface area contributed by atoms with Crippen LogP contribution in [-0.2, 0) is 4.79 Å². The maximum Gasteiger partial charge on any atom is 0.166 e. The number of nitrogens with one attached hydrogen (secondary N) is 1. The zero-order valence-corrected chi connectivity index (χ0v) is 9.96. The van der Waals surface area contributed by atoms with Crippen LogP contribution in [0.4, 0.5) is 0 Å². The van der Waals surface area contributed by atoms with E-state index in [1.54, 1.807) is 0 Å². The lowest BCUT2D eigenvalue weighted by Crippen LogP contribution is -2.44. The van der Waals surface area contributed by atoms with Gasteiger partial charge in [-0.2, -0.15) is 0 Å². The minimum Gasteiger partial charge on any atom is -0.330 e. The van der Waals surface area contributed by atoms with Crippen LogP contribution in [0.2, 0.25) is 0 Å². The zero-order valence-electron chi connectivity index (χ0n) is 9.96. The lowest BCUT2D eigenvalue weighted by molar-refractivity contribution is -0.122. The molecular formula is C11H25N3O. The van der Waals surface area contributed by atoms with Crippen molar-refractivity contribution in [1.29, 1.82) is 0 Å². The van der Waals surface area contributed by atoms with Crippen molar-refractivity contribution in [2.24, 2.45) is 11.5 Å². The molecule has 0 radical (unpaired) electrons. The molecule has 0 aliphatic rings. The molecule has 1 unspecified atom stereocenters. The van der Waals surface area contributed by atoms with Gasteiger partial charge in [-0.1, -0.05) is 13.3 Å². The number of rotatable bonds is 9. The van der Waals surface area contributed by atoms with E-state index in [1.807, 2.05) is 6.92 Å². The lowest BCUT2D eigenvalue weighted by Gasteiger charge is -2.17. The number of carbonyl (C=O) groups excluding carboxylic acids is 1. The van der Waals surface area contributed by atoms with Gasteiger partial charge in [-0.25, -0.2) is 0 Å². The molecule has 15 heavy (non-hydrogen) atoms. The fourth-order valence-corrected chi connectivity index (χ4v) is 1.40. The van der Waals surface area contributed by atoms with E-state index in [9.17, 15) is 4.79 Å². The molecule has 4 nitrogen and oxygen atoms in total. The van der Waals surface area contributed by atoms with E-state index in [0.717, 1.165) is 25.8 Å². The van der Waals surface area contributed by atoms with E-state index in [-0.39, 0.29) is 17.9 Å². The summed E-state index contributed by atoms with van der Waals surface area (Å²) in [4.78, 5) is 11.7. The van der Waals surface area contributed by atoms with E-state index in [0.29, 0.717) is 13.0 Å². The molecule has 2 atom stereocenters. The molecule has 0 aliphatic carbocycles. The average Bonchev–Trinajstić information content (AvgIpc) is 2.24. The summed E-state index contributed by atoms with van der Waals surface area (Å²) < 4.78 is 0. The summed E-state index contributed by atoms with van der Waals surface area (Å²) in [5, 5.41) is 3.18. The molecule has 0 aromatic carbocycles. The lowest BCUT2D eigenvalue weighted by atomic mass is 10.0. The maximum absolute atomic E-state index is 11.7. The number of nitrogens with two attached hydrogens (primary N) is 2. The van der Waals surface area contributed by atoms with Crippen LogP contribution in [0, 0.1) is 0 Å². The Morgan fingerprint density at radius 1 is 1.40 bits per heavy atom. The van der Waals surface area contributed by atoms with Gasteiger partial charge in [-0.3, -0.25) is 4.79 Å². The summed E-state index contributed by atoms with van der Waals surface area (Å²) in [6.45, 7) is 5.48. The number of unbranched alkanes of at least 4 members (excludes halogenated alkanes) is 1. The minimum atomic E-state index is -0.363. The second kappa shape index (κ2) is 8.83. The van der Waals surface area contributed by atoms with Gasteiger partial charge in [-0.15, -0.1) is 0 Å². The van der Waals surface area contributed by atoms with Crippen LogP contribution >= 0.6 is 0 Å². The second-order valence-electron chi connectivity index (χ2n) is 3.97. The van der Waals surface area contributed by atoms with Crippen molar-refractivity contribution in [2.45, 2.75) is 51.6 Å².